The first-order valence-electron chi connectivity index (χ1n) is 9.60. The molecule has 0 radical (unpaired) electrons. The molecule has 0 spiro atoms. The van der Waals surface area contributed by atoms with Crippen molar-refractivity contribution in [2.75, 3.05) is 20.1 Å². The van der Waals surface area contributed by atoms with Gasteiger partial charge in [0.1, 0.15) is 0 Å². The van der Waals surface area contributed by atoms with Crippen LogP contribution in [0.3, 0.4) is 0 Å². The van der Waals surface area contributed by atoms with Crippen molar-refractivity contribution in [3.05, 3.63) is 77.1 Å². The molecule has 1 aliphatic rings. The molecule has 0 atom stereocenters. The lowest BCUT2D eigenvalue weighted by Crippen LogP contribution is -2.63. The van der Waals surface area contributed by atoms with Gasteiger partial charge < -0.3 is 10.4 Å². The molecular formula is C23H24ClN3O3. The first-order chi connectivity index (χ1) is 14.5. The number of rotatable bonds is 5. The van der Waals surface area contributed by atoms with Crippen molar-refractivity contribution in [2.45, 2.75) is 13.0 Å². The fourth-order valence-electron chi connectivity index (χ4n) is 4.08. The molecule has 1 aromatic heterocycles. The highest BCUT2D eigenvalue weighted by Crippen LogP contribution is 2.36. The van der Waals surface area contributed by atoms with Crippen molar-refractivity contribution in [1.29, 1.82) is 0 Å². The quantitative estimate of drug-likeness (QED) is 0.612. The number of hydrogen-bond acceptors (Lipinski definition) is 4. The Balaban J connectivity index is 0.000000806. The Hall–Kier alpha value is -2.96. The minimum atomic E-state index is -0.380. The summed E-state index contributed by atoms with van der Waals surface area (Å²) in [6, 6.07) is 16.1. The summed E-state index contributed by atoms with van der Waals surface area (Å²) in [7, 11) is 1.71. The van der Waals surface area contributed by atoms with Crippen LogP contribution in [0.15, 0.2) is 60.9 Å². The van der Waals surface area contributed by atoms with Crippen LogP contribution in [0.25, 0.3) is 10.8 Å². The van der Waals surface area contributed by atoms with Gasteiger partial charge >= 0.3 is 0 Å². The van der Waals surface area contributed by atoms with E-state index in [0.717, 1.165) is 37.0 Å². The molecule has 0 saturated carbocycles. The molecule has 6 nitrogen and oxygen atoms in total. The van der Waals surface area contributed by atoms with Crippen LogP contribution in [0.5, 0.6) is 0 Å². The molecule has 1 fully saturated rings. The number of hydrogen-bond donors (Lipinski definition) is 2. The van der Waals surface area contributed by atoms with Crippen molar-refractivity contribution in [1.82, 2.24) is 15.2 Å². The highest BCUT2D eigenvalue weighted by molar-refractivity contribution is 6.30. The van der Waals surface area contributed by atoms with Gasteiger partial charge in [0, 0.05) is 49.5 Å². The first kappa shape index (κ1) is 21.7. The van der Waals surface area contributed by atoms with E-state index in [1.54, 1.807) is 7.05 Å². The number of pyridine rings is 1. The molecule has 2 N–H and O–H groups in total. The van der Waals surface area contributed by atoms with E-state index in [4.69, 9.17) is 21.5 Å². The summed E-state index contributed by atoms with van der Waals surface area (Å²) in [5.41, 5.74) is 2.03. The van der Waals surface area contributed by atoms with E-state index < -0.39 is 0 Å². The molecule has 2 aromatic carbocycles. The zero-order valence-corrected chi connectivity index (χ0v) is 17.5. The monoisotopic (exact) mass is 425 g/mol. The third kappa shape index (κ3) is 4.78. The summed E-state index contributed by atoms with van der Waals surface area (Å²) >= 11 is 5.99. The molecular weight excluding hydrogens is 402 g/mol. The molecule has 156 valence electrons. The molecule has 1 amide bonds. The first-order valence-corrected chi connectivity index (χ1v) is 9.97. The average molecular weight is 426 g/mol. The molecule has 7 heteroatoms. The number of nitrogens with zero attached hydrogens (tertiary/aromatic N) is 2. The van der Waals surface area contributed by atoms with E-state index in [2.05, 4.69) is 39.5 Å². The van der Waals surface area contributed by atoms with E-state index in [0.29, 0.717) is 5.02 Å². The number of likely N-dealkylation sites (tertiary alicyclic amines) is 1. The molecule has 0 aliphatic carbocycles. The van der Waals surface area contributed by atoms with Crippen molar-refractivity contribution < 1.29 is 14.7 Å². The highest BCUT2D eigenvalue weighted by atomic mass is 35.5. The number of benzene rings is 2. The van der Waals surface area contributed by atoms with E-state index in [9.17, 15) is 4.79 Å². The van der Waals surface area contributed by atoms with Crippen LogP contribution in [0.1, 0.15) is 11.1 Å². The van der Waals surface area contributed by atoms with Gasteiger partial charge in [-0.05, 0) is 41.1 Å². The van der Waals surface area contributed by atoms with Gasteiger partial charge in [0.25, 0.3) is 6.47 Å². The molecule has 30 heavy (non-hydrogen) atoms. The van der Waals surface area contributed by atoms with Crippen LogP contribution in [0.2, 0.25) is 5.02 Å². The second-order valence-corrected chi connectivity index (χ2v) is 7.86. The summed E-state index contributed by atoms with van der Waals surface area (Å²) in [6.45, 7) is 2.08. The Morgan fingerprint density at radius 2 is 1.93 bits per heavy atom. The number of carbonyl (C=O) groups is 2. The SMILES string of the molecule is CNC(=O)C1(Cc2ccc(Cl)cc2)CN(Cc2cccc3cnccc23)C1.O=CO. The molecule has 0 unspecified atom stereocenters. The van der Waals surface area contributed by atoms with Gasteiger partial charge in [0.05, 0.1) is 5.41 Å². The number of aromatic nitrogens is 1. The standard InChI is InChI=1S/C22H22ClN3O.CH2O2/c1-24-21(27)22(11-16-5-7-19(23)8-6-16)14-26(15-22)13-18-4-2-3-17-12-25-10-9-20(17)18;2-1-3/h2-10,12H,11,13-15H2,1H3,(H,24,27);1H,(H,2,3). The fraction of sp³-hybridized carbons (Fsp3) is 0.261. The lowest BCUT2D eigenvalue weighted by molar-refractivity contribution is -0.141. The predicted octanol–water partition coefficient (Wildman–Crippen LogP) is 3.38. The van der Waals surface area contributed by atoms with Crippen LogP contribution < -0.4 is 5.32 Å². The normalized spacial score (nSPS) is 14.9. The van der Waals surface area contributed by atoms with E-state index in [1.165, 1.54) is 10.9 Å². The Morgan fingerprint density at radius 3 is 2.60 bits per heavy atom. The van der Waals surface area contributed by atoms with Gasteiger partial charge in [-0.3, -0.25) is 19.5 Å². The maximum absolute atomic E-state index is 12.6. The van der Waals surface area contributed by atoms with E-state index in [1.807, 2.05) is 36.7 Å². The Kier molecular flexibility index (Phi) is 7.03. The van der Waals surface area contributed by atoms with Gasteiger partial charge in [0.15, 0.2) is 0 Å². The van der Waals surface area contributed by atoms with Gasteiger partial charge in [0.2, 0.25) is 5.91 Å². The second kappa shape index (κ2) is 9.69. The number of halogens is 1. The van der Waals surface area contributed by atoms with Crippen molar-refractivity contribution >= 4 is 34.8 Å². The molecule has 3 aromatic rings. The zero-order valence-electron chi connectivity index (χ0n) is 16.7. The summed E-state index contributed by atoms with van der Waals surface area (Å²) in [5, 5.41) is 12.8. The van der Waals surface area contributed by atoms with Crippen LogP contribution in [0.4, 0.5) is 0 Å². The summed E-state index contributed by atoms with van der Waals surface area (Å²) in [4.78, 5) is 27.5. The summed E-state index contributed by atoms with van der Waals surface area (Å²) in [6.07, 6.45) is 4.45. The van der Waals surface area contributed by atoms with Crippen LogP contribution in [0, 0.1) is 5.41 Å². The number of carbonyl (C=O) groups excluding carboxylic acids is 1. The Labute approximate surface area is 180 Å². The lowest BCUT2D eigenvalue weighted by atomic mass is 9.73. The van der Waals surface area contributed by atoms with E-state index in [-0.39, 0.29) is 17.8 Å². The smallest absolute Gasteiger partial charge is 0.290 e. The number of nitrogens with one attached hydrogen (secondary N) is 1. The lowest BCUT2D eigenvalue weighted by Gasteiger charge is -2.49. The van der Waals surface area contributed by atoms with Crippen molar-refractivity contribution in [3.8, 4) is 0 Å². The van der Waals surface area contributed by atoms with Crippen LogP contribution in [-0.4, -0.2) is 47.5 Å². The Bertz CT molecular complexity index is 1010. The van der Waals surface area contributed by atoms with Crippen LogP contribution >= 0.6 is 11.6 Å². The number of carboxylic acid groups (broad SMARTS) is 1. The maximum Gasteiger partial charge on any atom is 0.290 e. The fourth-order valence-corrected chi connectivity index (χ4v) is 4.21. The van der Waals surface area contributed by atoms with Crippen molar-refractivity contribution in [2.24, 2.45) is 5.41 Å². The molecule has 0 bridgehead atoms. The van der Waals surface area contributed by atoms with Gasteiger partial charge in [-0.1, -0.05) is 41.9 Å². The molecule has 1 saturated heterocycles. The predicted molar refractivity (Wildman–Crippen MR) is 117 cm³/mol. The number of fused-ring (bicyclic) bond motifs is 1. The topological polar surface area (TPSA) is 82.5 Å². The molecule has 4 rings (SSSR count). The number of amides is 1. The van der Waals surface area contributed by atoms with Gasteiger partial charge in [-0.2, -0.15) is 0 Å². The minimum absolute atomic E-state index is 0.107. The minimum Gasteiger partial charge on any atom is -0.483 e. The molecule has 1 aliphatic heterocycles. The van der Waals surface area contributed by atoms with E-state index >= 15 is 0 Å². The summed E-state index contributed by atoms with van der Waals surface area (Å²) in [5.74, 6) is 0.107. The average Bonchev–Trinajstić information content (AvgIpc) is 2.73. The largest absolute Gasteiger partial charge is 0.483 e. The van der Waals surface area contributed by atoms with Gasteiger partial charge in [-0.15, -0.1) is 0 Å². The second-order valence-electron chi connectivity index (χ2n) is 7.43. The third-order valence-electron chi connectivity index (χ3n) is 5.38. The van der Waals surface area contributed by atoms with Crippen LogP contribution in [-0.2, 0) is 22.6 Å². The maximum atomic E-state index is 12.6. The summed E-state index contributed by atoms with van der Waals surface area (Å²) < 4.78 is 0. The third-order valence-corrected chi connectivity index (χ3v) is 5.63. The van der Waals surface area contributed by atoms with Crippen molar-refractivity contribution in [3.63, 3.8) is 0 Å². The highest BCUT2D eigenvalue weighted by Gasteiger charge is 2.48. The molecule has 2 heterocycles. The Morgan fingerprint density at radius 1 is 1.23 bits per heavy atom. The van der Waals surface area contributed by atoms with Gasteiger partial charge in [-0.25, -0.2) is 0 Å². The zero-order chi connectivity index (χ0) is 21.6.